The molecule has 0 aromatic heterocycles. The van der Waals surface area contributed by atoms with Crippen molar-refractivity contribution in [2.24, 2.45) is 0 Å². The summed E-state index contributed by atoms with van der Waals surface area (Å²) in [5.41, 5.74) is 1.68. The lowest BCUT2D eigenvalue weighted by atomic mass is 10.0. The van der Waals surface area contributed by atoms with Crippen molar-refractivity contribution in [1.82, 2.24) is 10.2 Å². The number of rotatable bonds is 6. The number of carbonyl (C=O) groups is 2. The van der Waals surface area contributed by atoms with E-state index >= 15 is 0 Å². The van der Waals surface area contributed by atoms with Crippen molar-refractivity contribution in [2.75, 3.05) is 20.2 Å². The van der Waals surface area contributed by atoms with Crippen molar-refractivity contribution in [1.29, 1.82) is 0 Å². The standard InChI is InChI=1S/C21H23BrN2O3/c1-27-19-9-2-5-15(12-19)11-18-8-4-10-24(18)20(25)14-23-21(26)16-6-3-7-17(22)13-16/h2-3,5-7,9,12-13,18H,4,8,10-11,14H2,1H3,(H,23,26). The van der Waals surface area contributed by atoms with E-state index in [2.05, 4.69) is 27.3 Å². The Labute approximate surface area is 167 Å². The number of benzene rings is 2. The summed E-state index contributed by atoms with van der Waals surface area (Å²) in [5, 5.41) is 2.73. The molecule has 142 valence electrons. The Bertz CT molecular complexity index is 825. The summed E-state index contributed by atoms with van der Waals surface area (Å²) >= 11 is 3.35. The molecule has 5 nitrogen and oxygen atoms in total. The highest BCUT2D eigenvalue weighted by molar-refractivity contribution is 9.10. The van der Waals surface area contributed by atoms with Crippen LogP contribution in [-0.4, -0.2) is 43.0 Å². The molecule has 1 atom stereocenters. The van der Waals surface area contributed by atoms with Gasteiger partial charge in [0.05, 0.1) is 13.7 Å². The molecule has 1 aliphatic rings. The van der Waals surface area contributed by atoms with Crippen molar-refractivity contribution in [3.05, 3.63) is 64.1 Å². The van der Waals surface area contributed by atoms with Gasteiger partial charge in [0, 0.05) is 22.6 Å². The number of nitrogens with one attached hydrogen (secondary N) is 1. The summed E-state index contributed by atoms with van der Waals surface area (Å²) in [4.78, 5) is 26.8. The molecule has 1 heterocycles. The van der Waals surface area contributed by atoms with Crippen LogP contribution >= 0.6 is 15.9 Å². The molecule has 1 saturated heterocycles. The predicted octanol–water partition coefficient (Wildman–Crippen LogP) is 3.42. The molecule has 2 aromatic rings. The molecule has 0 radical (unpaired) electrons. The van der Waals surface area contributed by atoms with Gasteiger partial charge in [-0.1, -0.05) is 34.1 Å². The zero-order chi connectivity index (χ0) is 19.2. The minimum Gasteiger partial charge on any atom is -0.497 e. The molecule has 2 aromatic carbocycles. The van der Waals surface area contributed by atoms with Gasteiger partial charge in [0.15, 0.2) is 0 Å². The first-order valence-corrected chi connectivity index (χ1v) is 9.82. The molecule has 3 rings (SSSR count). The maximum absolute atomic E-state index is 12.6. The predicted molar refractivity (Wildman–Crippen MR) is 108 cm³/mol. The van der Waals surface area contributed by atoms with Gasteiger partial charge in [0.25, 0.3) is 5.91 Å². The van der Waals surface area contributed by atoms with Crippen LogP contribution in [0.25, 0.3) is 0 Å². The lowest BCUT2D eigenvalue weighted by molar-refractivity contribution is -0.130. The molecule has 1 fully saturated rings. The Balaban J connectivity index is 1.57. The molecular formula is C21H23BrN2O3. The van der Waals surface area contributed by atoms with Crippen LogP contribution < -0.4 is 10.1 Å². The number of methoxy groups -OCH3 is 1. The van der Waals surface area contributed by atoms with Crippen LogP contribution in [0.4, 0.5) is 0 Å². The van der Waals surface area contributed by atoms with Gasteiger partial charge in [0.2, 0.25) is 5.91 Å². The first-order valence-electron chi connectivity index (χ1n) is 9.03. The highest BCUT2D eigenvalue weighted by Gasteiger charge is 2.28. The molecule has 2 amide bonds. The fourth-order valence-electron chi connectivity index (χ4n) is 3.44. The number of amides is 2. The molecule has 0 bridgehead atoms. The Morgan fingerprint density at radius 3 is 2.81 bits per heavy atom. The zero-order valence-electron chi connectivity index (χ0n) is 15.3. The minimum absolute atomic E-state index is 0.0138. The average molecular weight is 431 g/mol. The Morgan fingerprint density at radius 2 is 2.04 bits per heavy atom. The lowest BCUT2D eigenvalue weighted by Crippen LogP contribution is -2.43. The molecule has 27 heavy (non-hydrogen) atoms. The Kier molecular flexibility index (Phi) is 6.50. The van der Waals surface area contributed by atoms with Crippen LogP contribution in [0.1, 0.15) is 28.8 Å². The third-order valence-corrected chi connectivity index (χ3v) is 5.28. The maximum atomic E-state index is 12.6. The molecule has 0 aliphatic carbocycles. The number of ether oxygens (including phenoxy) is 1. The van der Waals surface area contributed by atoms with Gasteiger partial charge in [-0.2, -0.15) is 0 Å². The monoisotopic (exact) mass is 430 g/mol. The van der Waals surface area contributed by atoms with Crippen molar-refractivity contribution < 1.29 is 14.3 Å². The van der Waals surface area contributed by atoms with E-state index in [1.165, 1.54) is 0 Å². The van der Waals surface area contributed by atoms with E-state index in [0.717, 1.165) is 41.6 Å². The topological polar surface area (TPSA) is 58.6 Å². The summed E-state index contributed by atoms with van der Waals surface area (Å²) < 4.78 is 6.11. The summed E-state index contributed by atoms with van der Waals surface area (Å²) in [7, 11) is 1.65. The fourth-order valence-corrected chi connectivity index (χ4v) is 3.84. The highest BCUT2D eigenvalue weighted by Crippen LogP contribution is 2.23. The van der Waals surface area contributed by atoms with Crippen LogP contribution in [0.5, 0.6) is 5.75 Å². The number of hydrogen-bond acceptors (Lipinski definition) is 3. The van der Waals surface area contributed by atoms with E-state index < -0.39 is 0 Å². The molecule has 1 aliphatic heterocycles. The Hall–Kier alpha value is -2.34. The van der Waals surface area contributed by atoms with Crippen LogP contribution in [0.3, 0.4) is 0 Å². The maximum Gasteiger partial charge on any atom is 0.251 e. The van der Waals surface area contributed by atoms with Gasteiger partial charge >= 0.3 is 0 Å². The van der Waals surface area contributed by atoms with E-state index in [-0.39, 0.29) is 24.4 Å². The highest BCUT2D eigenvalue weighted by atomic mass is 79.9. The van der Waals surface area contributed by atoms with Crippen molar-refractivity contribution in [3.8, 4) is 5.75 Å². The molecular weight excluding hydrogens is 408 g/mol. The van der Waals surface area contributed by atoms with E-state index in [0.29, 0.717) is 5.56 Å². The summed E-state index contributed by atoms with van der Waals surface area (Å²) in [6.07, 6.45) is 2.75. The van der Waals surface area contributed by atoms with Crippen LogP contribution in [0.2, 0.25) is 0 Å². The second-order valence-corrected chi connectivity index (χ2v) is 7.55. The second kappa shape index (κ2) is 9.04. The van der Waals surface area contributed by atoms with Gasteiger partial charge in [-0.15, -0.1) is 0 Å². The van der Waals surface area contributed by atoms with Crippen molar-refractivity contribution >= 4 is 27.7 Å². The minimum atomic E-state index is -0.242. The number of halogens is 1. The summed E-state index contributed by atoms with van der Waals surface area (Å²) in [5.74, 6) is 0.543. The summed E-state index contributed by atoms with van der Waals surface area (Å²) in [6.45, 7) is 0.750. The van der Waals surface area contributed by atoms with Crippen LogP contribution in [0, 0.1) is 0 Å². The van der Waals surface area contributed by atoms with Gasteiger partial charge in [-0.25, -0.2) is 0 Å². The normalized spacial score (nSPS) is 16.2. The van der Waals surface area contributed by atoms with Gasteiger partial charge < -0.3 is 15.0 Å². The SMILES string of the molecule is COc1cccc(CC2CCCN2C(=O)CNC(=O)c2cccc(Br)c2)c1. The van der Waals surface area contributed by atoms with E-state index in [9.17, 15) is 9.59 Å². The molecule has 6 heteroatoms. The van der Waals surface area contributed by atoms with Crippen LogP contribution in [0.15, 0.2) is 53.0 Å². The van der Waals surface area contributed by atoms with Gasteiger partial charge in [-0.3, -0.25) is 9.59 Å². The van der Waals surface area contributed by atoms with E-state index in [4.69, 9.17) is 4.74 Å². The van der Waals surface area contributed by atoms with Crippen molar-refractivity contribution in [2.45, 2.75) is 25.3 Å². The number of nitrogens with zero attached hydrogens (tertiary/aromatic N) is 1. The fraction of sp³-hybridized carbons (Fsp3) is 0.333. The first kappa shape index (κ1) is 19.4. The third-order valence-electron chi connectivity index (χ3n) is 4.79. The van der Waals surface area contributed by atoms with Crippen molar-refractivity contribution in [3.63, 3.8) is 0 Å². The smallest absolute Gasteiger partial charge is 0.251 e. The lowest BCUT2D eigenvalue weighted by Gasteiger charge is -2.25. The number of carbonyl (C=O) groups excluding carboxylic acids is 2. The van der Waals surface area contributed by atoms with Gasteiger partial charge in [0.1, 0.15) is 5.75 Å². The third kappa shape index (κ3) is 5.10. The molecule has 0 spiro atoms. The molecule has 0 saturated carbocycles. The first-order chi connectivity index (χ1) is 13.1. The second-order valence-electron chi connectivity index (χ2n) is 6.63. The van der Waals surface area contributed by atoms with E-state index in [1.807, 2.05) is 29.2 Å². The zero-order valence-corrected chi connectivity index (χ0v) is 16.9. The largest absolute Gasteiger partial charge is 0.497 e. The quantitative estimate of drug-likeness (QED) is 0.763. The number of hydrogen-bond donors (Lipinski definition) is 1. The summed E-state index contributed by atoms with van der Waals surface area (Å²) in [6, 6.07) is 15.2. The van der Waals surface area contributed by atoms with E-state index in [1.54, 1.807) is 25.3 Å². The van der Waals surface area contributed by atoms with Gasteiger partial charge in [-0.05, 0) is 55.2 Å². The van der Waals surface area contributed by atoms with Crippen LogP contribution in [-0.2, 0) is 11.2 Å². The molecule has 1 unspecified atom stereocenters. The molecule has 1 N–H and O–H groups in total. The number of likely N-dealkylation sites (tertiary alicyclic amines) is 1. The average Bonchev–Trinajstić information content (AvgIpc) is 3.14. The Morgan fingerprint density at radius 1 is 1.22 bits per heavy atom.